The van der Waals surface area contributed by atoms with Crippen LogP contribution in [-0.2, 0) is 4.79 Å². The summed E-state index contributed by atoms with van der Waals surface area (Å²) < 4.78 is 5.50. The molecule has 0 aliphatic carbocycles. The van der Waals surface area contributed by atoms with E-state index in [2.05, 4.69) is 31.1 Å². The van der Waals surface area contributed by atoms with E-state index in [1.165, 1.54) is 12.2 Å². The van der Waals surface area contributed by atoms with Gasteiger partial charge in [-0.3, -0.25) is 4.79 Å². The number of fused-ring (bicyclic) bond motifs is 1. The second kappa shape index (κ2) is 6.75. The Hall–Kier alpha value is -2.14. The summed E-state index contributed by atoms with van der Waals surface area (Å²) in [6.45, 7) is 6.11. The number of rotatable bonds is 5. The van der Waals surface area contributed by atoms with E-state index in [4.69, 9.17) is 4.42 Å². The van der Waals surface area contributed by atoms with Gasteiger partial charge in [-0.25, -0.2) is 4.98 Å². The van der Waals surface area contributed by atoms with Crippen molar-refractivity contribution in [1.29, 1.82) is 0 Å². The summed E-state index contributed by atoms with van der Waals surface area (Å²) >= 11 is 0. The molecule has 2 rings (SSSR count). The van der Waals surface area contributed by atoms with Crippen molar-refractivity contribution in [3.63, 3.8) is 0 Å². The number of benzene rings is 1. The van der Waals surface area contributed by atoms with Crippen LogP contribution >= 0.6 is 0 Å². The summed E-state index contributed by atoms with van der Waals surface area (Å²) in [7, 11) is 0. The highest BCUT2D eigenvalue weighted by Crippen LogP contribution is 2.20. The van der Waals surface area contributed by atoms with Gasteiger partial charge in [-0.15, -0.1) is 0 Å². The lowest BCUT2D eigenvalue weighted by Gasteiger charge is -2.24. The van der Waals surface area contributed by atoms with Gasteiger partial charge in [-0.05, 0) is 24.0 Å². The fraction of sp³-hybridized carbons (Fsp3) is 0.412. The molecule has 5 nitrogen and oxygen atoms in total. The van der Waals surface area contributed by atoms with Gasteiger partial charge in [-0.2, -0.15) is 0 Å². The zero-order chi connectivity index (χ0) is 16.2. The molecule has 1 amide bonds. The molecule has 1 aromatic heterocycles. The van der Waals surface area contributed by atoms with E-state index >= 15 is 0 Å². The van der Waals surface area contributed by atoms with Gasteiger partial charge in [0, 0.05) is 12.2 Å². The summed E-state index contributed by atoms with van der Waals surface area (Å²) in [5.74, 6) is 0.110. The SMILES string of the molecule is CC(C)(C)CC(CO)NC(=O)/C=C/c1nc2ccccc2o1. The van der Waals surface area contributed by atoms with Crippen LogP contribution in [0.5, 0.6) is 0 Å². The summed E-state index contributed by atoms with van der Waals surface area (Å²) in [5.41, 5.74) is 1.47. The third-order valence-corrected chi connectivity index (χ3v) is 3.11. The van der Waals surface area contributed by atoms with Crippen molar-refractivity contribution in [3.8, 4) is 0 Å². The van der Waals surface area contributed by atoms with Crippen molar-refractivity contribution in [1.82, 2.24) is 10.3 Å². The van der Waals surface area contributed by atoms with Gasteiger partial charge in [0.2, 0.25) is 11.8 Å². The van der Waals surface area contributed by atoms with Gasteiger partial charge in [-0.1, -0.05) is 32.9 Å². The molecule has 0 spiro atoms. The van der Waals surface area contributed by atoms with Gasteiger partial charge >= 0.3 is 0 Å². The molecule has 0 saturated carbocycles. The van der Waals surface area contributed by atoms with Crippen LogP contribution in [0.1, 0.15) is 33.1 Å². The van der Waals surface area contributed by atoms with Gasteiger partial charge in [0.25, 0.3) is 0 Å². The fourth-order valence-corrected chi connectivity index (χ4v) is 2.26. The van der Waals surface area contributed by atoms with E-state index in [9.17, 15) is 9.90 Å². The monoisotopic (exact) mass is 302 g/mol. The van der Waals surface area contributed by atoms with Crippen molar-refractivity contribution in [2.45, 2.75) is 33.2 Å². The number of nitrogens with zero attached hydrogens (tertiary/aromatic N) is 1. The third-order valence-electron chi connectivity index (χ3n) is 3.11. The standard InChI is InChI=1S/C17H22N2O3/c1-17(2,3)10-12(11-20)18-15(21)8-9-16-19-13-6-4-5-7-14(13)22-16/h4-9,12,20H,10-11H2,1-3H3,(H,18,21)/b9-8+. The number of nitrogens with one attached hydrogen (secondary N) is 1. The van der Waals surface area contributed by atoms with Crippen LogP contribution < -0.4 is 5.32 Å². The lowest BCUT2D eigenvalue weighted by atomic mass is 9.88. The quantitative estimate of drug-likeness (QED) is 0.833. The van der Waals surface area contributed by atoms with E-state index < -0.39 is 0 Å². The topological polar surface area (TPSA) is 75.4 Å². The molecule has 0 saturated heterocycles. The maximum atomic E-state index is 11.9. The molecule has 0 aliphatic rings. The molecule has 2 N–H and O–H groups in total. The molecule has 1 atom stereocenters. The number of aromatic nitrogens is 1. The minimum atomic E-state index is -0.273. The van der Waals surface area contributed by atoms with E-state index in [0.717, 1.165) is 5.52 Å². The number of hydrogen-bond acceptors (Lipinski definition) is 4. The number of amides is 1. The molecule has 1 unspecified atom stereocenters. The van der Waals surface area contributed by atoms with E-state index in [1.807, 2.05) is 24.3 Å². The minimum Gasteiger partial charge on any atom is -0.437 e. The van der Waals surface area contributed by atoms with Crippen LogP contribution in [0.4, 0.5) is 0 Å². The number of carbonyl (C=O) groups is 1. The Morgan fingerprint density at radius 1 is 1.41 bits per heavy atom. The largest absolute Gasteiger partial charge is 0.437 e. The van der Waals surface area contributed by atoms with Crippen LogP contribution in [0.25, 0.3) is 17.2 Å². The highest BCUT2D eigenvalue weighted by atomic mass is 16.3. The average molecular weight is 302 g/mol. The molecule has 1 aromatic carbocycles. The van der Waals surface area contributed by atoms with Gasteiger partial charge < -0.3 is 14.8 Å². The fourth-order valence-electron chi connectivity index (χ4n) is 2.26. The first-order valence-electron chi connectivity index (χ1n) is 7.32. The molecular weight excluding hydrogens is 280 g/mol. The van der Waals surface area contributed by atoms with E-state index in [1.54, 1.807) is 0 Å². The molecule has 0 fully saturated rings. The van der Waals surface area contributed by atoms with Gasteiger partial charge in [0.1, 0.15) is 5.52 Å². The number of oxazole rings is 1. The first-order chi connectivity index (χ1) is 10.4. The van der Waals surface area contributed by atoms with E-state index in [-0.39, 0.29) is 24.0 Å². The normalized spacial score (nSPS) is 13.6. The predicted octanol–water partition coefficient (Wildman–Crippen LogP) is 2.75. The molecule has 0 radical (unpaired) electrons. The van der Waals surface area contributed by atoms with Crippen LogP contribution in [0, 0.1) is 5.41 Å². The number of carbonyl (C=O) groups excluding carboxylic acids is 1. The van der Waals surface area contributed by atoms with Crippen LogP contribution in [-0.4, -0.2) is 28.6 Å². The molecule has 5 heteroatoms. The molecule has 0 bridgehead atoms. The molecule has 22 heavy (non-hydrogen) atoms. The number of hydrogen-bond donors (Lipinski definition) is 2. The van der Waals surface area contributed by atoms with Crippen molar-refractivity contribution < 1.29 is 14.3 Å². The van der Waals surface area contributed by atoms with Gasteiger partial charge in [0.15, 0.2) is 5.58 Å². The Morgan fingerprint density at radius 2 is 2.14 bits per heavy atom. The second-order valence-electron chi connectivity index (χ2n) is 6.51. The first-order valence-corrected chi connectivity index (χ1v) is 7.32. The average Bonchev–Trinajstić information content (AvgIpc) is 2.85. The van der Waals surface area contributed by atoms with Crippen LogP contribution in [0.15, 0.2) is 34.8 Å². The maximum absolute atomic E-state index is 11.9. The summed E-state index contributed by atoms with van der Waals surface area (Å²) in [6, 6.07) is 7.16. The summed E-state index contributed by atoms with van der Waals surface area (Å²) in [5, 5.41) is 12.1. The lowest BCUT2D eigenvalue weighted by Crippen LogP contribution is -2.39. The van der Waals surface area contributed by atoms with Crippen molar-refractivity contribution in [3.05, 3.63) is 36.2 Å². The van der Waals surface area contributed by atoms with Crippen molar-refractivity contribution >= 4 is 23.1 Å². The second-order valence-corrected chi connectivity index (χ2v) is 6.51. The summed E-state index contributed by atoms with van der Waals surface area (Å²) in [4.78, 5) is 16.2. The molecule has 118 valence electrons. The third kappa shape index (κ3) is 4.70. The van der Waals surface area contributed by atoms with Gasteiger partial charge in [0.05, 0.1) is 12.6 Å². The molecule has 2 aromatic rings. The summed E-state index contributed by atoms with van der Waals surface area (Å²) in [6.07, 6.45) is 3.60. The smallest absolute Gasteiger partial charge is 0.244 e. The number of para-hydroxylation sites is 2. The van der Waals surface area contributed by atoms with E-state index in [0.29, 0.717) is 17.9 Å². The minimum absolute atomic E-state index is 0.0324. The molecular formula is C17H22N2O3. The highest BCUT2D eigenvalue weighted by molar-refractivity contribution is 5.91. The molecule has 0 aliphatic heterocycles. The molecule has 1 heterocycles. The Morgan fingerprint density at radius 3 is 2.77 bits per heavy atom. The Labute approximate surface area is 130 Å². The highest BCUT2D eigenvalue weighted by Gasteiger charge is 2.19. The van der Waals surface area contributed by atoms with Crippen molar-refractivity contribution in [2.24, 2.45) is 5.41 Å². The van der Waals surface area contributed by atoms with Crippen molar-refractivity contribution in [2.75, 3.05) is 6.61 Å². The zero-order valence-electron chi connectivity index (χ0n) is 13.2. The first kappa shape index (κ1) is 16.2. The Kier molecular flexibility index (Phi) is 4.98. The number of aliphatic hydroxyl groups excluding tert-OH is 1. The maximum Gasteiger partial charge on any atom is 0.244 e. The van der Waals surface area contributed by atoms with Crippen LogP contribution in [0.3, 0.4) is 0 Å². The lowest BCUT2D eigenvalue weighted by molar-refractivity contribution is -0.117. The predicted molar refractivity (Wildman–Crippen MR) is 86.1 cm³/mol. The Bertz CT molecular complexity index is 635. The zero-order valence-corrected chi connectivity index (χ0v) is 13.2. The van der Waals surface area contributed by atoms with Crippen LogP contribution in [0.2, 0.25) is 0 Å². The Balaban J connectivity index is 1.98. The number of aliphatic hydroxyl groups is 1.